The molecule has 4 rings (SSSR count). The molecule has 1 amide bonds. The second-order valence-electron chi connectivity index (χ2n) is 7.56. The Labute approximate surface area is 174 Å². The molecule has 0 saturated carbocycles. The molecule has 3 heterocycles. The van der Waals surface area contributed by atoms with Gasteiger partial charge in [-0.15, -0.1) is 0 Å². The van der Waals surface area contributed by atoms with Crippen LogP contribution in [-0.2, 0) is 4.74 Å². The van der Waals surface area contributed by atoms with Crippen molar-refractivity contribution in [3.8, 4) is 11.8 Å². The van der Waals surface area contributed by atoms with Crippen molar-refractivity contribution in [1.82, 2.24) is 9.78 Å². The molecule has 1 aromatic heterocycles. The molecule has 154 valence electrons. The number of carbonyl (C=O) groups excluding carboxylic acids is 1. The molecule has 1 aromatic carbocycles. The van der Waals surface area contributed by atoms with Crippen molar-refractivity contribution in [3.05, 3.63) is 41.0 Å². The molecule has 9 nitrogen and oxygen atoms in total. The number of allylic oxidation sites excluding steroid dienone is 1. The maximum Gasteiger partial charge on any atom is 0.552 e. The van der Waals surface area contributed by atoms with Gasteiger partial charge in [0.05, 0.1) is 24.6 Å². The Morgan fingerprint density at radius 1 is 1.47 bits per heavy atom. The number of primary amides is 1. The molecule has 2 atom stereocenters. The van der Waals surface area contributed by atoms with Crippen LogP contribution < -0.4 is 15.7 Å². The first-order chi connectivity index (χ1) is 14.4. The van der Waals surface area contributed by atoms with Crippen LogP contribution in [0.2, 0.25) is 0 Å². The lowest BCUT2D eigenvalue weighted by atomic mass is 9.82. The fraction of sp³-hybridized carbons (Fsp3) is 0.350. The number of amides is 1. The van der Waals surface area contributed by atoms with Crippen molar-refractivity contribution in [2.24, 2.45) is 11.7 Å². The number of anilines is 2. The summed E-state index contributed by atoms with van der Waals surface area (Å²) in [6.07, 6.45) is 2.17. The number of nitriles is 1. The van der Waals surface area contributed by atoms with Crippen LogP contribution in [0.3, 0.4) is 0 Å². The molecule has 10 heteroatoms. The minimum absolute atomic E-state index is 0.228. The summed E-state index contributed by atoms with van der Waals surface area (Å²) in [4.78, 5) is 12.0. The Morgan fingerprint density at radius 2 is 2.27 bits per heavy atom. The van der Waals surface area contributed by atoms with E-state index in [0.29, 0.717) is 36.9 Å². The number of fused-ring (bicyclic) bond motifs is 1. The van der Waals surface area contributed by atoms with E-state index in [4.69, 9.17) is 15.1 Å². The van der Waals surface area contributed by atoms with Gasteiger partial charge in [0.2, 0.25) is 0 Å². The lowest BCUT2D eigenvalue weighted by molar-refractivity contribution is 0.0342. The van der Waals surface area contributed by atoms with E-state index in [0.717, 1.165) is 16.7 Å². The summed E-state index contributed by atoms with van der Waals surface area (Å²) in [5, 5.41) is 26.9. The third kappa shape index (κ3) is 3.65. The van der Waals surface area contributed by atoms with Crippen LogP contribution in [0.5, 0.6) is 5.75 Å². The zero-order valence-electron chi connectivity index (χ0n) is 16.8. The van der Waals surface area contributed by atoms with Gasteiger partial charge in [0.1, 0.15) is 11.3 Å². The number of hydrogen-bond donors (Lipinski definition) is 3. The van der Waals surface area contributed by atoms with Crippen molar-refractivity contribution in [2.45, 2.75) is 26.3 Å². The van der Waals surface area contributed by atoms with Gasteiger partial charge in [-0.3, -0.25) is 9.48 Å². The van der Waals surface area contributed by atoms with E-state index in [2.05, 4.69) is 16.5 Å². The van der Waals surface area contributed by atoms with Gasteiger partial charge in [-0.05, 0) is 49.5 Å². The Hall–Kier alpha value is -3.29. The summed E-state index contributed by atoms with van der Waals surface area (Å²) in [5.41, 5.74) is 9.05. The van der Waals surface area contributed by atoms with Crippen molar-refractivity contribution >= 4 is 30.1 Å². The summed E-state index contributed by atoms with van der Waals surface area (Å²) in [7, 11) is -0.974. The van der Waals surface area contributed by atoms with Gasteiger partial charge in [-0.25, -0.2) is 0 Å². The topological polar surface area (TPSA) is 135 Å². The molecule has 2 aliphatic heterocycles. The predicted octanol–water partition coefficient (Wildman–Crippen LogP) is 1.95. The number of nitrogens with two attached hydrogens (primary N) is 1. The number of aromatic nitrogens is 2. The van der Waals surface area contributed by atoms with Crippen LogP contribution in [-0.4, -0.2) is 41.0 Å². The number of nitrogens with zero attached hydrogens (tertiary/aromatic N) is 3. The molecule has 30 heavy (non-hydrogen) atoms. The van der Waals surface area contributed by atoms with E-state index < -0.39 is 13.0 Å². The van der Waals surface area contributed by atoms with E-state index >= 15 is 0 Å². The monoisotopic (exact) mass is 407 g/mol. The zero-order valence-corrected chi connectivity index (χ0v) is 16.8. The number of ether oxygens (including phenoxy) is 1. The zero-order chi connectivity index (χ0) is 21.4. The van der Waals surface area contributed by atoms with Gasteiger partial charge < -0.3 is 25.5 Å². The van der Waals surface area contributed by atoms with Crippen molar-refractivity contribution in [1.29, 1.82) is 5.26 Å². The number of carbonyl (C=O) groups is 1. The van der Waals surface area contributed by atoms with Gasteiger partial charge >= 0.3 is 7.12 Å². The average molecular weight is 407 g/mol. The Morgan fingerprint density at radius 3 is 3.00 bits per heavy atom. The van der Waals surface area contributed by atoms with Crippen LogP contribution in [0.25, 0.3) is 5.57 Å². The smallest absolute Gasteiger partial charge is 0.532 e. The highest BCUT2D eigenvalue weighted by Crippen LogP contribution is 2.37. The third-order valence-corrected chi connectivity index (χ3v) is 5.42. The molecule has 4 N–H and O–H groups in total. The minimum atomic E-state index is -0.974. The fourth-order valence-electron chi connectivity index (χ4n) is 3.86. The van der Waals surface area contributed by atoms with E-state index in [9.17, 15) is 15.1 Å². The van der Waals surface area contributed by atoms with Crippen LogP contribution >= 0.6 is 0 Å². The maximum absolute atomic E-state index is 12.0. The summed E-state index contributed by atoms with van der Waals surface area (Å²) in [6.45, 7) is 4.64. The highest BCUT2D eigenvalue weighted by Gasteiger charge is 2.30. The van der Waals surface area contributed by atoms with Gasteiger partial charge in [-0.2, -0.15) is 10.4 Å². The van der Waals surface area contributed by atoms with Crippen LogP contribution in [0.15, 0.2) is 24.3 Å². The van der Waals surface area contributed by atoms with Crippen LogP contribution in [0.4, 0.5) is 11.5 Å². The lowest BCUT2D eigenvalue weighted by Gasteiger charge is -2.27. The van der Waals surface area contributed by atoms with Crippen LogP contribution in [0, 0.1) is 24.2 Å². The quantitative estimate of drug-likeness (QED) is 0.659. The average Bonchev–Trinajstić information content (AvgIpc) is 3.13. The van der Waals surface area contributed by atoms with Crippen molar-refractivity contribution in [2.75, 3.05) is 18.5 Å². The largest absolute Gasteiger partial charge is 0.552 e. The maximum atomic E-state index is 12.0. The van der Waals surface area contributed by atoms with Gasteiger partial charge in [0.25, 0.3) is 5.91 Å². The summed E-state index contributed by atoms with van der Waals surface area (Å²) >= 11 is 0. The molecule has 2 aromatic rings. The SMILES string of the molecule is CC1=CB(O)Oc2c(C)cc(Nc3nn([C@H]4COCCC4C#N)cc3C(N)=O)cc21. The Bertz CT molecular complexity index is 1070. The summed E-state index contributed by atoms with van der Waals surface area (Å²) < 4.78 is 12.6. The van der Waals surface area contributed by atoms with E-state index in [1.165, 1.54) is 0 Å². The first-order valence-corrected chi connectivity index (χ1v) is 9.69. The van der Waals surface area contributed by atoms with Gasteiger partial charge in [0.15, 0.2) is 5.82 Å². The molecule has 0 aliphatic carbocycles. The molecule has 0 radical (unpaired) electrons. The Kier molecular flexibility index (Phi) is 5.24. The second kappa shape index (κ2) is 7.86. The lowest BCUT2D eigenvalue weighted by Crippen LogP contribution is -2.29. The number of aryl methyl sites for hydroxylation is 1. The van der Waals surface area contributed by atoms with E-state index in [-0.39, 0.29) is 17.5 Å². The predicted molar refractivity (Wildman–Crippen MR) is 111 cm³/mol. The highest BCUT2D eigenvalue weighted by atomic mass is 16.5. The standard InChI is InChI=1S/C20H22BN5O4/c1-11-5-14(6-15-12(2)7-21(28)30-18(11)15)24-20-16(19(23)27)9-26(25-20)17-10-29-4-3-13(17)8-22/h5-7,9,13,17,28H,3-4,10H2,1-2H3,(H2,23,27)(H,24,25)/t13?,17-/m0/s1. The molecule has 1 saturated heterocycles. The second-order valence-corrected chi connectivity index (χ2v) is 7.56. The van der Waals surface area contributed by atoms with Crippen molar-refractivity contribution < 1.29 is 19.2 Å². The molecule has 2 aliphatic rings. The third-order valence-electron chi connectivity index (χ3n) is 5.42. The van der Waals surface area contributed by atoms with E-state index in [1.807, 2.05) is 26.0 Å². The highest BCUT2D eigenvalue weighted by molar-refractivity contribution is 6.52. The number of hydrogen-bond acceptors (Lipinski definition) is 7. The molecular formula is C20H22BN5O4. The van der Waals surface area contributed by atoms with Gasteiger partial charge in [0, 0.05) is 24.1 Å². The first kappa shape index (κ1) is 20.0. The number of rotatable bonds is 4. The van der Waals surface area contributed by atoms with E-state index in [1.54, 1.807) is 16.9 Å². The first-order valence-electron chi connectivity index (χ1n) is 9.69. The minimum Gasteiger partial charge on any atom is -0.532 e. The summed E-state index contributed by atoms with van der Waals surface area (Å²) in [5.74, 6) is 1.67. The molecule has 0 spiro atoms. The summed E-state index contributed by atoms with van der Waals surface area (Å²) in [6, 6.07) is 5.71. The molecular weight excluding hydrogens is 385 g/mol. The van der Waals surface area contributed by atoms with Crippen LogP contribution in [0.1, 0.15) is 40.9 Å². The molecule has 0 bridgehead atoms. The normalized spacial score (nSPS) is 20.6. The fourth-order valence-corrected chi connectivity index (χ4v) is 3.86. The number of benzene rings is 1. The van der Waals surface area contributed by atoms with Crippen molar-refractivity contribution in [3.63, 3.8) is 0 Å². The Balaban J connectivity index is 1.69. The molecule has 1 fully saturated rings. The number of nitrogens with one attached hydrogen (secondary N) is 1. The van der Waals surface area contributed by atoms with Gasteiger partial charge in [-0.1, -0.05) is 0 Å². The molecule has 1 unspecified atom stereocenters.